The van der Waals surface area contributed by atoms with E-state index in [2.05, 4.69) is 10.1 Å². The molecule has 0 unspecified atom stereocenters. The van der Waals surface area contributed by atoms with Gasteiger partial charge in [0.25, 0.3) is 5.91 Å². The lowest BCUT2D eigenvalue weighted by Crippen LogP contribution is -2.13. The number of methoxy groups -OCH3 is 2. The van der Waals surface area contributed by atoms with Crippen LogP contribution in [-0.4, -0.2) is 32.7 Å². The Morgan fingerprint density at radius 3 is 2.11 bits per heavy atom. The van der Waals surface area contributed by atoms with Gasteiger partial charge in [-0.05, 0) is 78.2 Å². The molecule has 0 aliphatic heterocycles. The van der Waals surface area contributed by atoms with Crippen molar-refractivity contribution in [3.63, 3.8) is 0 Å². The van der Waals surface area contributed by atoms with Gasteiger partial charge >= 0.3 is 5.97 Å². The minimum atomic E-state index is -0.598. The maximum Gasteiger partial charge on any atom is 0.337 e. The molecule has 4 aromatic carbocycles. The number of benzene rings is 4. The minimum absolute atomic E-state index is 0.115. The fraction of sp³-hybridized carbons (Fsp3) is 0.171. The van der Waals surface area contributed by atoms with Crippen molar-refractivity contribution in [2.75, 3.05) is 26.1 Å². The van der Waals surface area contributed by atoms with Crippen LogP contribution in [-0.2, 0) is 22.7 Å². The Hall–Kier alpha value is -5.75. The molecule has 0 heterocycles. The van der Waals surface area contributed by atoms with E-state index in [1.165, 1.54) is 32.4 Å². The van der Waals surface area contributed by atoms with Gasteiger partial charge in [-0.2, -0.15) is 5.26 Å². The Labute approximate surface area is 256 Å². The van der Waals surface area contributed by atoms with E-state index in [-0.39, 0.29) is 12.2 Å². The van der Waals surface area contributed by atoms with E-state index in [9.17, 15) is 14.9 Å². The second-order valence-electron chi connectivity index (χ2n) is 9.38. The van der Waals surface area contributed by atoms with E-state index in [4.69, 9.17) is 18.9 Å². The Kier molecular flexibility index (Phi) is 11.0. The molecule has 0 radical (unpaired) electrons. The molecule has 0 aliphatic carbocycles. The van der Waals surface area contributed by atoms with Crippen LogP contribution in [0.15, 0.2) is 96.6 Å². The topological polar surface area (TPSA) is 116 Å². The number of rotatable bonds is 13. The van der Waals surface area contributed by atoms with Gasteiger partial charge in [0.15, 0.2) is 23.0 Å². The summed E-state index contributed by atoms with van der Waals surface area (Å²) >= 11 is 0. The lowest BCUT2D eigenvalue weighted by atomic mass is 10.1. The average Bonchev–Trinajstić information content (AvgIpc) is 3.06. The van der Waals surface area contributed by atoms with Gasteiger partial charge in [0.1, 0.15) is 24.9 Å². The highest BCUT2D eigenvalue weighted by atomic mass is 16.5. The highest BCUT2D eigenvalue weighted by Gasteiger charge is 2.13. The Bertz CT molecular complexity index is 1660. The van der Waals surface area contributed by atoms with Crippen molar-refractivity contribution in [2.24, 2.45) is 0 Å². The van der Waals surface area contributed by atoms with E-state index in [0.717, 1.165) is 11.1 Å². The normalized spacial score (nSPS) is 10.7. The van der Waals surface area contributed by atoms with Crippen LogP contribution in [0.1, 0.15) is 34.0 Å². The first-order valence-electron chi connectivity index (χ1n) is 13.8. The van der Waals surface area contributed by atoms with Crippen molar-refractivity contribution < 1.29 is 33.3 Å². The zero-order valence-electron chi connectivity index (χ0n) is 24.7. The van der Waals surface area contributed by atoms with E-state index in [1.807, 2.05) is 61.5 Å². The SMILES string of the molecule is CCOc1cc(COc2ccc(/C=C(/C#N)C(=O)Nc3ccc(C(=O)OC)cc3)cc2OC)ccc1OCc1ccccc1. The molecule has 4 rings (SSSR count). The predicted molar refractivity (Wildman–Crippen MR) is 166 cm³/mol. The molecule has 0 bridgehead atoms. The number of ether oxygens (including phenoxy) is 5. The maximum atomic E-state index is 12.7. The summed E-state index contributed by atoms with van der Waals surface area (Å²) in [4.78, 5) is 24.4. The first-order chi connectivity index (χ1) is 21.4. The average molecular weight is 593 g/mol. The Balaban J connectivity index is 1.42. The van der Waals surface area contributed by atoms with Crippen LogP contribution in [0.25, 0.3) is 6.08 Å². The summed E-state index contributed by atoms with van der Waals surface area (Å²) in [7, 11) is 2.80. The molecular weight excluding hydrogens is 560 g/mol. The van der Waals surface area contributed by atoms with Gasteiger partial charge in [-0.25, -0.2) is 4.79 Å². The number of carbonyl (C=O) groups is 2. The molecule has 4 aromatic rings. The van der Waals surface area contributed by atoms with Gasteiger partial charge in [-0.1, -0.05) is 42.5 Å². The molecular formula is C35H32N2O7. The van der Waals surface area contributed by atoms with Crippen molar-refractivity contribution >= 4 is 23.6 Å². The summed E-state index contributed by atoms with van der Waals surface area (Å²) in [6.45, 7) is 3.06. The number of nitriles is 1. The molecule has 44 heavy (non-hydrogen) atoms. The summed E-state index contributed by atoms with van der Waals surface area (Å²) < 4.78 is 28.0. The highest BCUT2D eigenvalue weighted by molar-refractivity contribution is 6.09. The second-order valence-corrected chi connectivity index (χ2v) is 9.38. The number of nitrogens with one attached hydrogen (secondary N) is 1. The molecule has 0 aromatic heterocycles. The van der Waals surface area contributed by atoms with Gasteiger partial charge in [-0.3, -0.25) is 4.79 Å². The number of esters is 1. The van der Waals surface area contributed by atoms with Crippen LogP contribution in [0.3, 0.4) is 0 Å². The van der Waals surface area contributed by atoms with Crippen molar-refractivity contribution in [2.45, 2.75) is 20.1 Å². The summed E-state index contributed by atoms with van der Waals surface area (Å²) in [6, 6.07) is 28.7. The van der Waals surface area contributed by atoms with E-state index in [1.54, 1.807) is 30.3 Å². The molecule has 9 heteroatoms. The zero-order valence-corrected chi connectivity index (χ0v) is 24.7. The van der Waals surface area contributed by atoms with Gasteiger partial charge in [-0.15, -0.1) is 0 Å². The molecule has 0 saturated carbocycles. The largest absolute Gasteiger partial charge is 0.493 e. The number of carbonyl (C=O) groups excluding carboxylic acids is 2. The summed E-state index contributed by atoms with van der Waals surface area (Å²) in [5.41, 5.74) is 3.15. The van der Waals surface area contributed by atoms with Gasteiger partial charge in [0, 0.05) is 5.69 Å². The smallest absolute Gasteiger partial charge is 0.337 e. The fourth-order valence-electron chi connectivity index (χ4n) is 4.14. The van der Waals surface area contributed by atoms with Crippen molar-refractivity contribution in [1.29, 1.82) is 5.26 Å². The monoisotopic (exact) mass is 592 g/mol. The van der Waals surface area contributed by atoms with Crippen molar-refractivity contribution in [1.82, 2.24) is 0 Å². The van der Waals surface area contributed by atoms with E-state index in [0.29, 0.717) is 53.0 Å². The third-order valence-corrected chi connectivity index (χ3v) is 6.37. The number of hydrogen-bond donors (Lipinski definition) is 1. The number of anilines is 1. The summed E-state index contributed by atoms with van der Waals surface area (Å²) in [5, 5.41) is 12.3. The molecule has 0 atom stereocenters. The summed E-state index contributed by atoms with van der Waals surface area (Å²) in [6.07, 6.45) is 1.45. The first-order valence-corrected chi connectivity index (χ1v) is 13.8. The lowest BCUT2D eigenvalue weighted by molar-refractivity contribution is -0.112. The molecule has 1 amide bonds. The Morgan fingerprint density at radius 1 is 0.773 bits per heavy atom. The molecule has 0 spiro atoms. The summed E-state index contributed by atoms with van der Waals surface area (Å²) in [5.74, 6) is 1.10. The molecule has 0 aliphatic rings. The van der Waals surface area contributed by atoms with Crippen molar-refractivity contribution in [3.05, 3.63) is 119 Å². The van der Waals surface area contributed by atoms with Crippen LogP contribution in [0.4, 0.5) is 5.69 Å². The molecule has 1 N–H and O–H groups in total. The van der Waals surface area contributed by atoms with E-state index >= 15 is 0 Å². The highest BCUT2D eigenvalue weighted by Crippen LogP contribution is 2.32. The number of hydrogen-bond acceptors (Lipinski definition) is 8. The minimum Gasteiger partial charge on any atom is -0.493 e. The maximum absolute atomic E-state index is 12.7. The van der Waals surface area contributed by atoms with Gasteiger partial charge < -0.3 is 29.0 Å². The first kappa shape index (κ1) is 31.2. The molecule has 0 fully saturated rings. The van der Waals surface area contributed by atoms with Crippen LogP contribution in [0, 0.1) is 11.3 Å². The van der Waals surface area contributed by atoms with Gasteiger partial charge in [0.2, 0.25) is 0 Å². The number of amides is 1. The van der Waals surface area contributed by atoms with Crippen LogP contribution in [0.2, 0.25) is 0 Å². The third-order valence-electron chi connectivity index (χ3n) is 6.37. The predicted octanol–water partition coefficient (Wildman–Crippen LogP) is 6.58. The Morgan fingerprint density at radius 2 is 1.45 bits per heavy atom. The fourth-order valence-corrected chi connectivity index (χ4v) is 4.14. The van der Waals surface area contributed by atoms with Crippen LogP contribution in [0.5, 0.6) is 23.0 Å². The molecule has 9 nitrogen and oxygen atoms in total. The van der Waals surface area contributed by atoms with Gasteiger partial charge in [0.05, 0.1) is 26.4 Å². The third kappa shape index (κ3) is 8.39. The lowest BCUT2D eigenvalue weighted by Gasteiger charge is -2.15. The van der Waals surface area contributed by atoms with Crippen LogP contribution >= 0.6 is 0 Å². The van der Waals surface area contributed by atoms with E-state index < -0.39 is 11.9 Å². The zero-order chi connectivity index (χ0) is 31.3. The second kappa shape index (κ2) is 15.5. The molecule has 224 valence electrons. The van der Waals surface area contributed by atoms with Crippen LogP contribution < -0.4 is 24.3 Å². The molecule has 0 saturated heterocycles. The van der Waals surface area contributed by atoms with Crippen molar-refractivity contribution in [3.8, 4) is 29.1 Å². The quantitative estimate of drug-likeness (QED) is 0.105. The standard InChI is InChI=1S/C35H32N2O7/c1-4-42-33-20-26(11-17-31(33)43-22-24-8-6-5-7-9-24)23-44-30-16-10-25(19-32(30)40-2)18-28(21-36)34(38)37-29-14-12-27(13-15-29)35(39)41-3/h5-20H,4,22-23H2,1-3H3,(H,37,38)/b28-18-. The number of nitrogens with zero attached hydrogens (tertiary/aromatic N) is 1.